The second-order valence-electron chi connectivity index (χ2n) is 2.67. The lowest BCUT2D eigenvalue weighted by Crippen LogP contribution is -2.19. The van der Waals surface area contributed by atoms with Gasteiger partial charge in [-0.15, -0.1) is 5.10 Å². The summed E-state index contributed by atoms with van der Waals surface area (Å²) in [6, 6.07) is 7.87. The van der Waals surface area contributed by atoms with Gasteiger partial charge in [0.15, 0.2) is 5.84 Å². The van der Waals surface area contributed by atoms with Crippen molar-refractivity contribution in [1.29, 1.82) is 5.53 Å². The van der Waals surface area contributed by atoms with Crippen LogP contribution in [0.4, 0.5) is 0 Å². The highest BCUT2D eigenvalue weighted by molar-refractivity contribution is 5.98. The Kier molecular flexibility index (Phi) is 3.14. The Labute approximate surface area is 77.2 Å². The van der Waals surface area contributed by atoms with Crippen LogP contribution in [0.2, 0.25) is 0 Å². The summed E-state index contributed by atoms with van der Waals surface area (Å²) in [7, 11) is 1.76. The third kappa shape index (κ3) is 2.37. The van der Waals surface area contributed by atoms with Crippen molar-refractivity contribution in [2.24, 2.45) is 10.3 Å². The van der Waals surface area contributed by atoms with Crippen molar-refractivity contribution in [3.63, 3.8) is 0 Å². The fraction of sp³-hybridized carbons (Fsp3) is 0.222. The number of aryl methyl sites for hydroxylation is 1. The van der Waals surface area contributed by atoms with E-state index in [0.717, 1.165) is 11.1 Å². The van der Waals surface area contributed by atoms with Crippen molar-refractivity contribution >= 4 is 5.84 Å². The van der Waals surface area contributed by atoms with E-state index in [1.165, 1.54) is 0 Å². The molecule has 0 spiro atoms. The SMILES string of the molecule is CN/C(=N\N=N)c1cccc(C)c1. The van der Waals surface area contributed by atoms with E-state index in [1.54, 1.807) is 7.05 Å². The van der Waals surface area contributed by atoms with Gasteiger partial charge < -0.3 is 5.32 Å². The number of rotatable bonds is 2. The standard InChI is InChI=1S/C9H12N4/c1-7-4-3-5-8(6-7)9(11-2)12-13-10/h3-6H,1-2H3,(H2,10,11,12). The highest BCUT2D eigenvalue weighted by Gasteiger charge is 1.99. The number of hydrogen-bond donors (Lipinski definition) is 2. The predicted molar refractivity (Wildman–Crippen MR) is 51.9 cm³/mol. The van der Waals surface area contributed by atoms with E-state index in [0.29, 0.717) is 5.84 Å². The summed E-state index contributed by atoms with van der Waals surface area (Å²) < 4.78 is 0. The van der Waals surface area contributed by atoms with Gasteiger partial charge in [-0.2, -0.15) is 5.53 Å². The van der Waals surface area contributed by atoms with Crippen molar-refractivity contribution in [2.45, 2.75) is 6.92 Å². The second kappa shape index (κ2) is 4.35. The Morgan fingerprint density at radius 3 is 2.77 bits per heavy atom. The van der Waals surface area contributed by atoms with Gasteiger partial charge in [-0.3, -0.25) is 0 Å². The zero-order chi connectivity index (χ0) is 9.68. The number of nitrogens with one attached hydrogen (secondary N) is 2. The molecule has 0 bridgehead atoms. The zero-order valence-electron chi connectivity index (χ0n) is 7.70. The van der Waals surface area contributed by atoms with E-state index in [9.17, 15) is 0 Å². The molecule has 0 unspecified atom stereocenters. The molecule has 0 saturated heterocycles. The minimum Gasteiger partial charge on any atom is -0.371 e. The van der Waals surface area contributed by atoms with E-state index in [4.69, 9.17) is 5.53 Å². The summed E-state index contributed by atoms with van der Waals surface area (Å²) in [6.45, 7) is 2.01. The lowest BCUT2D eigenvalue weighted by molar-refractivity contribution is 0.967. The van der Waals surface area contributed by atoms with E-state index in [2.05, 4.69) is 15.6 Å². The van der Waals surface area contributed by atoms with E-state index in [-0.39, 0.29) is 0 Å². The van der Waals surface area contributed by atoms with Crippen molar-refractivity contribution < 1.29 is 0 Å². The van der Waals surface area contributed by atoms with Crippen LogP contribution >= 0.6 is 0 Å². The van der Waals surface area contributed by atoms with Crippen molar-refractivity contribution in [2.75, 3.05) is 7.05 Å². The summed E-state index contributed by atoms with van der Waals surface area (Å²) in [5.41, 5.74) is 8.74. The molecule has 0 heterocycles. The molecular weight excluding hydrogens is 164 g/mol. The van der Waals surface area contributed by atoms with Gasteiger partial charge in [0, 0.05) is 12.6 Å². The summed E-state index contributed by atoms with van der Waals surface area (Å²) in [6.07, 6.45) is 0. The maximum Gasteiger partial charge on any atom is 0.157 e. The van der Waals surface area contributed by atoms with Crippen LogP contribution in [-0.2, 0) is 0 Å². The van der Waals surface area contributed by atoms with Crippen LogP contribution in [0.25, 0.3) is 0 Å². The van der Waals surface area contributed by atoms with Crippen molar-refractivity contribution in [3.05, 3.63) is 35.4 Å². The maximum atomic E-state index is 6.64. The van der Waals surface area contributed by atoms with Gasteiger partial charge in [0.2, 0.25) is 0 Å². The van der Waals surface area contributed by atoms with Gasteiger partial charge in [-0.05, 0) is 13.0 Å². The molecule has 13 heavy (non-hydrogen) atoms. The molecule has 1 aromatic rings. The fourth-order valence-corrected chi connectivity index (χ4v) is 1.09. The quantitative estimate of drug-likeness (QED) is 0.307. The van der Waals surface area contributed by atoms with E-state index in [1.807, 2.05) is 31.2 Å². The second-order valence-corrected chi connectivity index (χ2v) is 2.67. The Bertz CT molecular complexity index is 330. The summed E-state index contributed by atoms with van der Waals surface area (Å²) in [4.78, 5) is 0. The molecule has 4 nitrogen and oxygen atoms in total. The van der Waals surface area contributed by atoms with Crippen LogP contribution in [-0.4, -0.2) is 12.9 Å². The number of nitrogens with zero attached hydrogens (tertiary/aromatic N) is 2. The molecule has 0 aliphatic carbocycles. The Morgan fingerprint density at radius 1 is 1.46 bits per heavy atom. The van der Waals surface area contributed by atoms with Gasteiger partial charge >= 0.3 is 0 Å². The van der Waals surface area contributed by atoms with Gasteiger partial charge in [-0.1, -0.05) is 29.0 Å². The normalized spacial score (nSPS) is 11.1. The molecule has 0 radical (unpaired) electrons. The molecular formula is C9H12N4. The molecule has 1 rings (SSSR count). The van der Waals surface area contributed by atoms with Crippen LogP contribution in [0.3, 0.4) is 0 Å². The third-order valence-corrected chi connectivity index (χ3v) is 1.68. The topological polar surface area (TPSA) is 60.6 Å². The minimum atomic E-state index is 0.610. The van der Waals surface area contributed by atoms with Gasteiger partial charge in [0.25, 0.3) is 0 Å². The molecule has 0 fully saturated rings. The number of hydrogen-bond acceptors (Lipinski definition) is 2. The first kappa shape index (κ1) is 9.38. The largest absolute Gasteiger partial charge is 0.371 e. The Balaban J connectivity index is 3.05. The van der Waals surface area contributed by atoms with E-state index < -0.39 is 0 Å². The van der Waals surface area contributed by atoms with E-state index >= 15 is 0 Å². The summed E-state index contributed by atoms with van der Waals surface area (Å²) >= 11 is 0. The molecule has 1 aromatic carbocycles. The Morgan fingerprint density at radius 2 is 2.23 bits per heavy atom. The molecule has 0 aromatic heterocycles. The van der Waals surface area contributed by atoms with Crippen LogP contribution in [0.15, 0.2) is 34.6 Å². The van der Waals surface area contributed by atoms with Crippen LogP contribution in [0.1, 0.15) is 11.1 Å². The first-order valence-electron chi connectivity index (χ1n) is 3.97. The van der Waals surface area contributed by atoms with Gasteiger partial charge in [-0.25, -0.2) is 0 Å². The summed E-state index contributed by atoms with van der Waals surface area (Å²) in [5.74, 6) is 0.610. The molecule has 2 N–H and O–H groups in total. The monoisotopic (exact) mass is 176 g/mol. The number of benzene rings is 1. The predicted octanol–water partition coefficient (Wildman–Crippen LogP) is 1.91. The average molecular weight is 176 g/mol. The van der Waals surface area contributed by atoms with Gasteiger partial charge in [0.1, 0.15) is 0 Å². The van der Waals surface area contributed by atoms with Crippen LogP contribution in [0, 0.1) is 12.5 Å². The highest BCUT2D eigenvalue weighted by Crippen LogP contribution is 2.04. The highest BCUT2D eigenvalue weighted by atomic mass is 15.3. The zero-order valence-corrected chi connectivity index (χ0v) is 7.70. The Hall–Kier alpha value is -1.71. The first-order chi connectivity index (χ1) is 6.27. The molecule has 0 aliphatic heterocycles. The molecule has 0 aliphatic rings. The smallest absolute Gasteiger partial charge is 0.157 e. The fourth-order valence-electron chi connectivity index (χ4n) is 1.09. The molecule has 68 valence electrons. The van der Waals surface area contributed by atoms with Crippen LogP contribution in [0.5, 0.6) is 0 Å². The molecule has 4 heteroatoms. The van der Waals surface area contributed by atoms with Crippen molar-refractivity contribution in [3.8, 4) is 0 Å². The average Bonchev–Trinajstić information content (AvgIpc) is 2.14. The maximum absolute atomic E-state index is 6.64. The first-order valence-corrected chi connectivity index (χ1v) is 3.97. The lowest BCUT2D eigenvalue weighted by Gasteiger charge is -2.03. The lowest BCUT2D eigenvalue weighted by atomic mass is 10.1. The van der Waals surface area contributed by atoms with Crippen LogP contribution < -0.4 is 5.32 Å². The number of amidine groups is 1. The molecule has 0 atom stereocenters. The third-order valence-electron chi connectivity index (χ3n) is 1.68. The minimum absolute atomic E-state index is 0.610. The van der Waals surface area contributed by atoms with Gasteiger partial charge in [0.05, 0.1) is 0 Å². The van der Waals surface area contributed by atoms with Crippen molar-refractivity contribution in [1.82, 2.24) is 5.32 Å². The summed E-state index contributed by atoms with van der Waals surface area (Å²) in [5, 5.41) is 9.52. The molecule has 0 saturated carbocycles. The molecule has 0 amide bonds.